The number of ether oxygens (including phenoxy) is 3. The molecule has 10 heteroatoms. The van der Waals surface area contributed by atoms with E-state index >= 15 is 0 Å². The van der Waals surface area contributed by atoms with Crippen molar-refractivity contribution in [1.29, 1.82) is 0 Å². The standard InChI is InChI=1S/C21H20ClN3O6/c1-13(20(26)29-10-9-25(2)21(27)28)30-15-4-6-16(7-5-15)31-19-12-23-18-11-14(22)3-8-17(18)24-19/h3-8,11-13H,9-10H2,1-2H3,(H,27,28). The minimum Gasteiger partial charge on any atom is -0.479 e. The number of amides is 1. The van der Waals surface area contributed by atoms with Crippen molar-refractivity contribution < 1.29 is 28.9 Å². The van der Waals surface area contributed by atoms with Crippen LogP contribution in [0.2, 0.25) is 5.02 Å². The van der Waals surface area contributed by atoms with Crippen LogP contribution in [0.5, 0.6) is 17.4 Å². The van der Waals surface area contributed by atoms with E-state index in [4.69, 9.17) is 30.9 Å². The fraction of sp³-hybridized carbons (Fsp3) is 0.238. The Bertz CT molecular complexity index is 1080. The molecule has 2 aromatic carbocycles. The van der Waals surface area contributed by atoms with E-state index in [1.165, 1.54) is 13.2 Å². The van der Waals surface area contributed by atoms with Crippen molar-refractivity contribution in [2.75, 3.05) is 20.2 Å². The van der Waals surface area contributed by atoms with Gasteiger partial charge in [0, 0.05) is 12.1 Å². The highest BCUT2D eigenvalue weighted by Crippen LogP contribution is 2.25. The topological polar surface area (TPSA) is 111 Å². The molecule has 3 rings (SSSR count). The normalized spacial score (nSPS) is 11.6. The van der Waals surface area contributed by atoms with Gasteiger partial charge < -0.3 is 24.2 Å². The summed E-state index contributed by atoms with van der Waals surface area (Å²) < 4.78 is 16.3. The van der Waals surface area contributed by atoms with Gasteiger partial charge in [0.05, 0.1) is 23.8 Å². The third kappa shape index (κ3) is 6.19. The number of carbonyl (C=O) groups excluding carboxylic acids is 1. The van der Waals surface area contributed by atoms with Crippen LogP contribution >= 0.6 is 11.6 Å². The van der Waals surface area contributed by atoms with Crippen molar-refractivity contribution in [2.24, 2.45) is 0 Å². The maximum absolute atomic E-state index is 12.0. The van der Waals surface area contributed by atoms with Crippen molar-refractivity contribution in [1.82, 2.24) is 14.9 Å². The number of carbonyl (C=O) groups is 2. The lowest BCUT2D eigenvalue weighted by Crippen LogP contribution is -2.32. The summed E-state index contributed by atoms with van der Waals surface area (Å²) >= 11 is 5.94. The van der Waals surface area contributed by atoms with Gasteiger partial charge in [-0.2, -0.15) is 0 Å². The van der Waals surface area contributed by atoms with Crippen LogP contribution in [0.25, 0.3) is 11.0 Å². The van der Waals surface area contributed by atoms with Gasteiger partial charge in [-0.05, 0) is 49.4 Å². The molecule has 0 bridgehead atoms. The van der Waals surface area contributed by atoms with Crippen molar-refractivity contribution in [2.45, 2.75) is 13.0 Å². The summed E-state index contributed by atoms with van der Waals surface area (Å²) in [6.45, 7) is 1.57. The molecular formula is C21H20ClN3O6. The summed E-state index contributed by atoms with van der Waals surface area (Å²) in [4.78, 5) is 32.4. The SMILES string of the molecule is CC(Oc1ccc(Oc2cnc3cc(Cl)ccc3n2)cc1)C(=O)OCCN(C)C(=O)O. The summed E-state index contributed by atoms with van der Waals surface area (Å²) in [7, 11) is 1.39. The number of likely N-dealkylation sites (N-methyl/N-ethyl adjacent to an activating group) is 1. The molecule has 0 aliphatic rings. The van der Waals surface area contributed by atoms with E-state index in [9.17, 15) is 9.59 Å². The van der Waals surface area contributed by atoms with E-state index < -0.39 is 18.2 Å². The lowest BCUT2D eigenvalue weighted by molar-refractivity contribution is -0.151. The molecule has 1 atom stereocenters. The quantitative estimate of drug-likeness (QED) is 0.518. The predicted molar refractivity (Wildman–Crippen MR) is 113 cm³/mol. The van der Waals surface area contributed by atoms with Crippen LogP contribution in [-0.2, 0) is 9.53 Å². The first-order chi connectivity index (χ1) is 14.8. The van der Waals surface area contributed by atoms with Crippen LogP contribution in [-0.4, -0.2) is 58.3 Å². The van der Waals surface area contributed by atoms with Gasteiger partial charge in [-0.15, -0.1) is 0 Å². The number of benzene rings is 2. The van der Waals surface area contributed by atoms with Crippen molar-refractivity contribution in [3.8, 4) is 17.4 Å². The van der Waals surface area contributed by atoms with E-state index in [0.29, 0.717) is 33.4 Å². The highest BCUT2D eigenvalue weighted by molar-refractivity contribution is 6.31. The molecule has 31 heavy (non-hydrogen) atoms. The monoisotopic (exact) mass is 445 g/mol. The third-order valence-corrected chi connectivity index (χ3v) is 4.41. The zero-order valence-electron chi connectivity index (χ0n) is 16.8. The minimum atomic E-state index is -1.10. The fourth-order valence-electron chi connectivity index (χ4n) is 2.47. The molecule has 0 saturated heterocycles. The number of carboxylic acid groups (broad SMARTS) is 1. The Morgan fingerprint density at radius 2 is 1.84 bits per heavy atom. The van der Waals surface area contributed by atoms with Gasteiger partial charge in [0.2, 0.25) is 5.88 Å². The van der Waals surface area contributed by atoms with E-state index in [0.717, 1.165) is 4.90 Å². The number of fused-ring (bicyclic) bond motifs is 1. The lowest BCUT2D eigenvalue weighted by Gasteiger charge is -2.16. The molecule has 1 heterocycles. The van der Waals surface area contributed by atoms with Crippen LogP contribution in [0.3, 0.4) is 0 Å². The fourth-order valence-corrected chi connectivity index (χ4v) is 2.64. The van der Waals surface area contributed by atoms with Crippen molar-refractivity contribution >= 4 is 34.7 Å². The van der Waals surface area contributed by atoms with E-state index in [2.05, 4.69) is 9.97 Å². The Morgan fingerprint density at radius 1 is 1.13 bits per heavy atom. The van der Waals surface area contributed by atoms with Crippen molar-refractivity contribution in [3.63, 3.8) is 0 Å². The molecule has 1 amide bonds. The number of hydrogen-bond donors (Lipinski definition) is 1. The second-order valence-electron chi connectivity index (χ2n) is 6.55. The van der Waals surface area contributed by atoms with Gasteiger partial charge in [-0.1, -0.05) is 11.6 Å². The Labute approximate surface area is 183 Å². The van der Waals surface area contributed by atoms with Gasteiger partial charge in [0.1, 0.15) is 18.1 Å². The third-order valence-electron chi connectivity index (χ3n) is 4.17. The lowest BCUT2D eigenvalue weighted by atomic mass is 10.3. The summed E-state index contributed by atoms with van der Waals surface area (Å²) in [6, 6.07) is 11.8. The maximum Gasteiger partial charge on any atom is 0.407 e. The molecular weight excluding hydrogens is 426 g/mol. The second kappa shape index (κ2) is 9.94. The van der Waals surface area contributed by atoms with Crippen LogP contribution in [0, 0.1) is 0 Å². The first-order valence-corrected chi connectivity index (χ1v) is 9.67. The zero-order chi connectivity index (χ0) is 22.4. The predicted octanol–water partition coefficient (Wildman–Crippen LogP) is 4.00. The summed E-state index contributed by atoms with van der Waals surface area (Å²) in [6.07, 6.45) is -0.454. The molecule has 0 fully saturated rings. The molecule has 0 saturated carbocycles. The summed E-state index contributed by atoms with van der Waals surface area (Å²) in [5, 5.41) is 9.34. The number of rotatable bonds is 8. The first kappa shape index (κ1) is 22.1. The molecule has 1 unspecified atom stereocenters. The largest absolute Gasteiger partial charge is 0.479 e. The summed E-state index contributed by atoms with van der Waals surface area (Å²) in [5.41, 5.74) is 1.32. The van der Waals surface area contributed by atoms with Gasteiger partial charge in [-0.25, -0.2) is 19.6 Å². The average molecular weight is 446 g/mol. The smallest absolute Gasteiger partial charge is 0.407 e. The Hall–Kier alpha value is -3.59. The van der Waals surface area contributed by atoms with Crippen LogP contribution in [0.15, 0.2) is 48.7 Å². The maximum atomic E-state index is 12.0. The average Bonchev–Trinajstić information content (AvgIpc) is 2.75. The van der Waals surface area contributed by atoms with E-state index in [1.54, 1.807) is 49.4 Å². The Morgan fingerprint density at radius 3 is 2.55 bits per heavy atom. The number of halogens is 1. The molecule has 0 spiro atoms. The summed E-state index contributed by atoms with van der Waals surface area (Å²) in [5.74, 6) is 0.693. The second-order valence-corrected chi connectivity index (χ2v) is 6.98. The number of esters is 1. The van der Waals surface area contributed by atoms with E-state index in [1.807, 2.05) is 0 Å². The Kier molecular flexibility index (Phi) is 7.09. The molecule has 0 aliphatic heterocycles. The van der Waals surface area contributed by atoms with Crippen molar-refractivity contribution in [3.05, 3.63) is 53.7 Å². The first-order valence-electron chi connectivity index (χ1n) is 9.29. The molecule has 3 aromatic rings. The van der Waals surface area contributed by atoms with Gasteiger partial charge in [0.15, 0.2) is 6.10 Å². The zero-order valence-corrected chi connectivity index (χ0v) is 17.6. The molecule has 0 radical (unpaired) electrons. The van der Waals surface area contributed by atoms with Crippen LogP contribution < -0.4 is 9.47 Å². The van der Waals surface area contributed by atoms with Crippen LogP contribution in [0.4, 0.5) is 4.79 Å². The highest BCUT2D eigenvalue weighted by Gasteiger charge is 2.17. The highest BCUT2D eigenvalue weighted by atomic mass is 35.5. The number of hydrogen-bond acceptors (Lipinski definition) is 7. The molecule has 1 aromatic heterocycles. The van der Waals surface area contributed by atoms with Gasteiger partial charge in [-0.3, -0.25) is 0 Å². The number of aromatic nitrogens is 2. The molecule has 1 N–H and O–H groups in total. The molecule has 0 aliphatic carbocycles. The van der Waals surface area contributed by atoms with Gasteiger partial charge >= 0.3 is 12.1 Å². The molecule has 162 valence electrons. The molecule has 9 nitrogen and oxygen atoms in total. The Balaban J connectivity index is 1.53. The van der Waals surface area contributed by atoms with E-state index in [-0.39, 0.29) is 13.2 Å². The minimum absolute atomic E-state index is 0.0545. The van der Waals surface area contributed by atoms with Gasteiger partial charge in [0.25, 0.3) is 0 Å². The van der Waals surface area contributed by atoms with Crippen LogP contribution in [0.1, 0.15) is 6.92 Å². The number of nitrogens with zero attached hydrogens (tertiary/aromatic N) is 3.